The zero-order chi connectivity index (χ0) is 14.3. The Balaban J connectivity index is 1.44. The molecule has 3 saturated heterocycles. The third kappa shape index (κ3) is 2.46. The highest BCUT2D eigenvalue weighted by atomic mass is 15.3. The second kappa shape index (κ2) is 5.50. The van der Waals surface area contributed by atoms with Crippen LogP contribution in [0.3, 0.4) is 0 Å². The zero-order valence-corrected chi connectivity index (χ0v) is 13.7. The SMILES string of the molecule is NCC1(N2CCC3(CCCC3)CC2)CCN2CCCC2C1. The van der Waals surface area contributed by atoms with Crippen LogP contribution in [0.25, 0.3) is 0 Å². The molecule has 21 heavy (non-hydrogen) atoms. The van der Waals surface area contributed by atoms with E-state index in [9.17, 15) is 0 Å². The molecule has 0 bridgehead atoms. The molecular weight excluding hydrogens is 258 g/mol. The van der Waals surface area contributed by atoms with Crippen LogP contribution in [0.4, 0.5) is 0 Å². The van der Waals surface area contributed by atoms with Crippen molar-refractivity contribution in [3.05, 3.63) is 0 Å². The normalized spacial score (nSPS) is 40.7. The first-order chi connectivity index (χ1) is 10.3. The summed E-state index contributed by atoms with van der Waals surface area (Å²) in [6, 6.07) is 0.838. The lowest BCUT2D eigenvalue weighted by Gasteiger charge is -2.53. The van der Waals surface area contributed by atoms with Crippen LogP contribution in [0.2, 0.25) is 0 Å². The summed E-state index contributed by atoms with van der Waals surface area (Å²) in [4.78, 5) is 5.56. The zero-order valence-electron chi connectivity index (χ0n) is 13.7. The van der Waals surface area contributed by atoms with E-state index >= 15 is 0 Å². The molecular formula is C18H33N3. The summed E-state index contributed by atoms with van der Waals surface area (Å²) in [5, 5.41) is 0. The molecule has 4 aliphatic rings. The second-order valence-electron chi connectivity index (χ2n) is 8.41. The van der Waals surface area contributed by atoms with Crippen molar-refractivity contribution in [2.75, 3.05) is 32.7 Å². The molecule has 3 heteroatoms. The number of nitrogens with zero attached hydrogens (tertiary/aromatic N) is 2. The van der Waals surface area contributed by atoms with Crippen molar-refractivity contribution < 1.29 is 0 Å². The van der Waals surface area contributed by atoms with E-state index in [4.69, 9.17) is 5.73 Å². The molecule has 0 aromatic rings. The molecule has 1 saturated carbocycles. The van der Waals surface area contributed by atoms with Crippen molar-refractivity contribution >= 4 is 0 Å². The summed E-state index contributed by atoms with van der Waals surface area (Å²) in [7, 11) is 0. The first kappa shape index (κ1) is 14.5. The van der Waals surface area contributed by atoms with E-state index in [0.29, 0.717) is 5.54 Å². The minimum atomic E-state index is 0.339. The third-order valence-corrected chi connectivity index (χ3v) is 7.52. The van der Waals surface area contributed by atoms with Crippen LogP contribution in [0.1, 0.15) is 64.2 Å². The lowest BCUT2D eigenvalue weighted by atomic mass is 9.74. The topological polar surface area (TPSA) is 32.5 Å². The van der Waals surface area contributed by atoms with E-state index in [-0.39, 0.29) is 0 Å². The lowest BCUT2D eigenvalue weighted by Crippen LogP contribution is -2.63. The van der Waals surface area contributed by atoms with Gasteiger partial charge in [-0.15, -0.1) is 0 Å². The molecule has 3 aliphatic heterocycles. The van der Waals surface area contributed by atoms with Gasteiger partial charge < -0.3 is 10.6 Å². The van der Waals surface area contributed by atoms with Crippen molar-refractivity contribution in [1.29, 1.82) is 0 Å². The van der Waals surface area contributed by atoms with Gasteiger partial charge in [0.2, 0.25) is 0 Å². The monoisotopic (exact) mass is 291 g/mol. The number of piperidine rings is 2. The van der Waals surface area contributed by atoms with Crippen LogP contribution in [-0.2, 0) is 0 Å². The predicted octanol–water partition coefficient (Wildman–Crippen LogP) is 2.60. The molecule has 0 aromatic heterocycles. The smallest absolute Gasteiger partial charge is 0.0358 e. The molecule has 2 unspecified atom stereocenters. The summed E-state index contributed by atoms with van der Waals surface area (Å²) >= 11 is 0. The van der Waals surface area contributed by atoms with Gasteiger partial charge >= 0.3 is 0 Å². The fourth-order valence-electron chi connectivity index (χ4n) is 6.00. The van der Waals surface area contributed by atoms with Crippen LogP contribution < -0.4 is 5.73 Å². The third-order valence-electron chi connectivity index (χ3n) is 7.52. The molecule has 4 rings (SSSR count). The number of nitrogens with two attached hydrogens (primary N) is 1. The Morgan fingerprint density at radius 3 is 2.33 bits per heavy atom. The van der Waals surface area contributed by atoms with E-state index in [1.807, 2.05) is 0 Å². The highest BCUT2D eigenvalue weighted by Crippen LogP contribution is 2.48. The average Bonchev–Trinajstić information content (AvgIpc) is 3.16. The Bertz CT molecular complexity index is 367. The molecule has 2 atom stereocenters. The molecule has 0 amide bonds. The summed E-state index contributed by atoms with van der Waals surface area (Å²) in [6.45, 7) is 6.16. The van der Waals surface area contributed by atoms with Crippen molar-refractivity contribution in [2.24, 2.45) is 11.1 Å². The average molecular weight is 291 g/mol. The number of fused-ring (bicyclic) bond motifs is 1. The van der Waals surface area contributed by atoms with Crippen molar-refractivity contribution in [2.45, 2.75) is 75.8 Å². The van der Waals surface area contributed by atoms with Crippen molar-refractivity contribution in [1.82, 2.24) is 9.80 Å². The van der Waals surface area contributed by atoms with Crippen LogP contribution in [0, 0.1) is 5.41 Å². The Hall–Kier alpha value is -0.120. The molecule has 0 radical (unpaired) electrons. The highest BCUT2D eigenvalue weighted by Gasteiger charge is 2.47. The maximum absolute atomic E-state index is 6.34. The Labute approximate surface area is 130 Å². The quantitative estimate of drug-likeness (QED) is 0.849. The summed E-state index contributed by atoms with van der Waals surface area (Å²) in [6.07, 6.45) is 14.4. The number of likely N-dealkylation sites (tertiary alicyclic amines) is 1. The number of rotatable bonds is 2. The maximum Gasteiger partial charge on any atom is 0.0358 e. The van der Waals surface area contributed by atoms with Gasteiger partial charge in [-0.3, -0.25) is 4.90 Å². The first-order valence-electron chi connectivity index (χ1n) is 9.45. The Morgan fingerprint density at radius 2 is 1.62 bits per heavy atom. The molecule has 3 heterocycles. The standard InChI is InChI=1S/C18H33N3/c19-15-18(9-11-20-10-3-4-16(20)14-18)21-12-7-17(8-13-21)5-1-2-6-17/h16H,1-15,19H2. The van der Waals surface area contributed by atoms with Crippen LogP contribution in [0.5, 0.6) is 0 Å². The van der Waals surface area contributed by atoms with Gasteiger partial charge in [-0.25, -0.2) is 0 Å². The molecule has 1 spiro atoms. The van der Waals surface area contributed by atoms with E-state index in [1.54, 1.807) is 0 Å². The minimum Gasteiger partial charge on any atom is -0.329 e. The summed E-state index contributed by atoms with van der Waals surface area (Å²) < 4.78 is 0. The van der Waals surface area contributed by atoms with Gasteiger partial charge in [-0.1, -0.05) is 12.8 Å². The van der Waals surface area contributed by atoms with E-state index in [1.165, 1.54) is 90.4 Å². The van der Waals surface area contributed by atoms with Gasteiger partial charge in [0.25, 0.3) is 0 Å². The number of hydrogen-bond donors (Lipinski definition) is 1. The molecule has 120 valence electrons. The van der Waals surface area contributed by atoms with Gasteiger partial charge in [0, 0.05) is 24.7 Å². The summed E-state index contributed by atoms with van der Waals surface area (Å²) in [5.74, 6) is 0. The lowest BCUT2D eigenvalue weighted by molar-refractivity contribution is -0.0259. The molecule has 2 N–H and O–H groups in total. The van der Waals surface area contributed by atoms with Gasteiger partial charge in [-0.2, -0.15) is 0 Å². The largest absolute Gasteiger partial charge is 0.329 e. The maximum atomic E-state index is 6.34. The number of hydrogen-bond acceptors (Lipinski definition) is 3. The molecule has 4 fully saturated rings. The van der Waals surface area contributed by atoms with Crippen LogP contribution >= 0.6 is 0 Å². The summed E-state index contributed by atoms with van der Waals surface area (Å²) in [5.41, 5.74) is 7.41. The fourth-order valence-corrected chi connectivity index (χ4v) is 6.00. The van der Waals surface area contributed by atoms with Crippen molar-refractivity contribution in [3.8, 4) is 0 Å². The predicted molar refractivity (Wildman–Crippen MR) is 87.3 cm³/mol. The van der Waals surface area contributed by atoms with Gasteiger partial charge in [0.05, 0.1) is 0 Å². The Kier molecular flexibility index (Phi) is 3.79. The van der Waals surface area contributed by atoms with Gasteiger partial charge in [-0.05, 0) is 76.4 Å². The van der Waals surface area contributed by atoms with Crippen LogP contribution in [0.15, 0.2) is 0 Å². The Morgan fingerprint density at radius 1 is 0.857 bits per heavy atom. The van der Waals surface area contributed by atoms with E-state index in [0.717, 1.165) is 18.0 Å². The molecule has 0 aromatic carbocycles. The molecule has 1 aliphatic carbocycles. The van der Waals surface area contributed by atoms with Crippen LogP contribution in [-0.4, -0.2) is 54.1 Å². The van der Waals surface area contributed by atoms with Gasteiger partial charge in [0.15, 0.2) is 0 Å². The first-order valence-corrected chi connectivity index (χ1v) is 9.45. The minimum absolute atomic E-state index is 0.339. The fraction of sp³-hybridized carbons (Fsp3) is 1.00. The van der Waals surface area contributed by atoms with E-state index < -0.39 is 0 Å². The highest BCUT2D eigenvalue weighted by molar-refractivity contribution is 5.04. The van der Waals surface area contributed by atoms with Crippen molar-refractivity contribution in [3.63, 3.8) is 0 Å². The van der Waals surface area contributed by atoms with Gasteiger partial charge in [0.1, 0.15) is 0 Å². The molecule has 3 nitrogen and oxygen atoms in total. The van der Waals surface area contributed by atoms with E-state index in [2.05, 4.69) is 9.80 Å². The second-order valence-corrected chi connectivity index (χ2v) is 8.41.